The summed E-state index contributed by atoms with van der Waals surface area (Å²) in [4.78, 5) is 10.8. The summed E-state index contributed by atoms with van der Waals surface area (Å²) in [7, 11) is 0. The molecule has 0 spiro atoms. The van der Waals surface area contributed by atoms with Crippen LogP contribution < -0.4 is 11.1 Å². The number of benzene rings is 1. The summed E-state index contributed by atoms with van der Waals surface area (Å²) in [6.45, 7) is 1.89. The first kappa shape index (κ1) is 12.0. The standard InChI is InChI=1S/C13H14N4O/c1-9-11(7-10-5-3-2-4-6-10)8-12(17-16-9)15-13(14)18/h2-6,8H,7H2,1H3,(H3,14,15,17,18). The number of rotatable bonds is 3. The van der Waals surface area contributed by atoms with Crippen LogP contribution in [0.4, 0.5) is 10.6 Å². The van der Waals surface area contributed by atoms with Gasteiger partial charge in [-0.25, -0.2) is 4.79 Å². The van der Waals surface area contributed by atoms with Crippen molar-refractivity contribution < 1.29 is 4.79 Å². The number of amides is 2. The van der Waals surface area contributed by atoms with Gasteiger partial charge in [-0.3, -0.25) is 5.32 Å². The van der Waals surface area contributed by atoms with Gasteiger partial charge < -0.3 is 5.73 Å². The molecule has 0 unspecified atom stereocenters. The number of hydrogen-bond acceptors (Lipinski definition) is 3. The second kappa shape index (κ2) is 5.27. The lowest BCUT2D eigenvalue weighted by Crippen LogP contribution is -2.20. The van der Waals surface area contributed by atoms with Crippen molar-refractivity contribution in [3.8, 4) is 0 Å². The van der Waals surface area contributed by atoms with Gasteiger partial charge in [-0.15, -0.1) is 5.10 Å². The lowest BCUT2D eigenvalue weighted by Gasteiger charge is -2.07. The summed E-state index contributed by atoms with van der Waals surface area (Å²) in [6, 6.07) is 11.2. The molecule has 0 aliphatic carbocycles. The SMILES string of the molecule is Cc1nnc(NC(N)=O)cc1Cc1ccccc1. The van der Waals surface area contributed by atoms with Crippen LogP contribution in [0.3, 0.4) is 0 Å². The summed E-state index contributed by atoms with van der Waals surface area (Å²) in [5.41, 5.74) is 8.08. The molecular formula is C13H14N4O. The van der Waals surface area contributed by atoms with Gasteiger partial charge in [0, 0.05) is 0 Å². The number of urea groups is 1. The quantitative estimate of drug-likeness (QED) is 0.862. The minimum Gasteiger partial charge on any atom is -0.351 e. The zero-order valence-electron chi connectivity index (χ0n) is 10.1. The third-order valence-corrected chi connectivity index (χ3v) is 2.57. The first-order valence-corrected chi connectivity index (χ1v) is 5.59. The number of nitrogens with one attached hydrogen (secondary N) is 1. The Kier molecular flexibility index (Phi) is 3.52. The summed E-state index contributed by atoms with van der Waals surface area (Å²) in [6.07, 6.45) is 0.746. The van der Waals surface area contributed by atoms with Crippen LogP contribution in [-0.4, -0.2) is 16.2 Å². The zero-order chi connectivity index (χ0) is 13.0. The number of nitrogens with zero attached hydrogens (tertiary/aromatic N) is 2. The molecule has 3 N–H and O–H groups in total. The van der Waals surface area contributed by atoms with Crippen LogP contribution in [-0.2, 0) is 6.42 Å². The topological polar surface area (TPSA) is 80.9 Å². The zero-order valence-corrected chi connectivity index (χ0v) is 10.1. The molecule has 0 saturated carbocycles. The first-order chi connectivity index (χ1) is 8.65. The Bertz CT molecular complexity index is 554. The molecule has 0 bridgehead atoms. The van der Waals surface area contributed by atoms with E-state index in [-0.39, 0.29) is 0 Å². The highest BCUT2D eigenvalue weighted by atomic mass is 16.2. The third-order valence-electron chi connectivity index (χ3n) is 2.57. The highest BCUT2D eigenvalue weighted by Gasteiger charge is 2.05. The van der Waals surface area contributed by atoms with E-state index in [2.05, 4.69) is 15.5 Å². The average molecular weight is 242 g/mol. The molecule has 0 saturated heterocycles. The molecule has 0 fully saturated rings. The van der Waals surface area contributed by atoms with Gasteiger partial charge in [-0.1, -0.05) is 30.3 Å². The Balaban J connectivity index is 2.24. The Hall–Kier alpha value is -2.43. The van der Waals surface area contributed by atoms with Gasteiger partial charge >= 0.3 is 6.03 Å². The Labute approximate surface area is 105 Å². The van der Waals surface area contributed by atoms with E-state index < -0.39 is 6.03 Å². The summed E-state index contributed by atoms with van der Waals surface area (Å²) in [5.74, 6) is 0.374. The third kappa shape index (κ3) is 3.04. The van der Waals surface area contributed by atoms with Crippen molar-refractivity contribution in [2.24, 2.45) is 5.73 Å². The smallest absolute Gasteiger partial charge is 0.317 e. The van der Waals surface area contributed by atoms with Crippen molar-refractivity contribution in [3.05, 3.63) is 53.2 Å². The van der Waals surface area contributed by atoms with Crippen LogP contribution in [0.1, 0.15) is 16.8 Å². The van der Waals surface area contributed by atoms with Gasteiger partial charge in [0.05, 0.1) is 5.69 Å². The first-order valence-electron chi connectivity index (χ1n) is 5.59. The van der Waals surface area contributed by atoms with E-state index >= 15 is 0 Å². The van der Waals surface area contributed by atoms with Crippen molar-refractivity contribution in [3.63, 3.8) is 0 Å². The molecule has 0 radical (unpaired) electrons. The van der Waals surface area contributed by atoms with Crippen molar-refractivity contribution in [1.29, 1.82) is 0 Å². The molecule has 0 atom stereocenters. The van der Waals surface area contributed by atoms with Gasteiger partial charge in [-0.2, -0.15) is 5.10 Å². The van der Waals surface area contributed by atoms with Gasteiger partial charge in [0.15, 0.2) is 5.82 Å². The van der Waals surface area contributed by atoms with E-state index in [1.165, 1.54) is 5.56 Å². The molecule has 1 aromatic heterocycles. The second-order valence-corrected chi connectivity index (χ2v) is 3.99. The Morgan fingerprint density at radius 2 is 2.00 bits per heavy atom. The van der Waals surface area contributed by atoms with Crippen LogP contribution in [0, 0.1) is 6.92 Å². The van der Waals surface area contributed by atoms with Gasteiger partial charge in [0.25, 0.3) is 0 Å². The molecule has 18 heavy (non-hydrogen) atoms. The minimum atomic E-state index is -0.640. The molecular weight excluding hydrogens is 228 g/mol. The van der Waals surface area contributed by atoms with Crippen LogP contribution in [0.15, 0.2) is 36.4 Å². The van der Waals surface area contributed by atoms with Gasteiger partial charge in [0.1, 0.15) is 0 Å². The number of hydrogen-bond donors (Lipinski definition) is 2. The van der Waals surface area contributed by atoms with E-state index in [4.69, 9.17) is 5.73 Å². The molecule has 1 aromatic carbocycles. The normalized spacial score (nSPS) is 10.1. The van der Waals surface area contributed by atoms with Crippen LogP contribution in [0.2, 0.25) is 0 Å². The maximum Gasteiger partial charge on any atom is 0.317 e. The number of carbonyl (C=O) groups excluding carboxylic acids is 1. The molecule has 2 aromatic rings. The van der Waals surface area contributed by atoms with Gasteiger partial charge in [0.2, 0.25) is 0 Å². The number of carbonyl (C=O) groups is 1. The van der Waals surface area contributed by atoms with E-state index in [0.29, 0.717) is 5.82 Å². The number of nitrogens with two attached hydrogens (primary N) is 1. The van der Waals surface area contributed by atoms with E-state index in [9.17, 15) is 4.79 Å². The van der Waals surface area contributed by atoms with Crippen LogP contribution in [0.5, 0.6) is 0 Å². The molecule has 2 amide bonds. The predicted octanol–water partition coefficient (Wildman–Crippen LogP) is 1.87. The predicted molar refractivity (Wildman–Crippen MR) is 69.2 cm³/mol. The summed E-state index contributed by atoms with van der Waals surface area (Å²) < 4.78 is 0. The van der Waals surface area contributed by atoms with E-state index in [1.54, 1.807) is 6.07 Å². The second-order valence-electron chi connectivity index (χ2n) is 3.99. The number of anilines is 1. The van der Waals surface area contributed by atoms with Gasteiger partial charge in [-0.05, 0) is 30.5 Å². The molecule has 5 nitrogen and oxygen atoms in total. The maximum absolute atomic E-state index is 10.8. The number of aromatic nitrogens is 2. The lowest BCUT2D eigenvalue weighted by atomic mass is 10.0. The molecule has 1 heterocycles. The fourth-order valence-corrected chi connectivity index (χ4v) is 1.67. The van der Waals surface area contributed by atoms with Crippen molar-refractivity contribution in [1.82, 2.24) is 10.2 Å². The van der Waals surface area contributed by atoms with Crippen molar-refractivity contribution in [2.75, 3.05) is 5.32 Å². The molecule has 0 aliphatic rings. The van der Waals surface area contributed by atoms with Crippen molar-refractivity contribution in [2.45, 2.75) is 13.3 Å². The highest BCUT2D eigenvalue weighted by Crippen LogP contribution is 2.14. The minimum absolute atomic E-state index is 0.374. The fraction of sp³-hybridized carbons (Fsp3) is 0.154. The van der Waals surface area contributed by atoms with E-state index in [1.807, 2.05) is 37.3 Å². The number of primary amides is 1. The van der Waals surface area contributed by atoms with Crippen LogP contribution in [0.25, 0.3) is 0 Å². The maximum atomic E-state index is 10.8. The summed E-state index contributed by atoms with van der Waals surface area (Å²) >= 11 is 0. The lowest BCUT2D eigenvalue weighted by molar-refractivity contribution is 0.259. The van der Waals surface area contributed by atoms with Crippen molar-refractivity contribution >= 4 is 11.8 Å². The Morgan fingerprint density at radius 1 is 1.28 bits per heavy atom. The molecule has 2 rings (SSSR count). The monoisotopic (exact) mass is 242 g/mol. The van der Waals surface area contributed by atoms with E-state index in [0.717, 1.165) is 17.7 Å². The highest BCUT2D eigenvalue weighted by molar-refractivity contribution is 5.86. The summed E-state index contributed by atoms with van der Waals surface area (Å²) in [5, 5.41) is 10.3. The molecule has 0 aliphatic heterocycles. The largest absolute Gasteiger partial charge is 0.351 e. The molecule has 92 valence electrons. The molecule has 5 heteroatoms. The fourth-order valence-electron chi connectivity index (χ4n) is 1.67. The Morgan fingerprint density at radius 3 is 2.67 bits per heavy atom. The average Bonchev–Trinajstić information content (AvgIpc) is 2.34. The van der Waals surface area contributed by atoms with Crippen LogP contribution >= 0.6 is 0 Å². The number of aryl methyl sites for hydroxylation is 1.